The van der Waals surface area contributed by atoms with Gasteiger partial charge in [-0.2, -0.15) is 0 Å². The van der Waals surface area contributed by atoms with Crippen molar-refractivity contribution in [2.75, 3.05) is 47.1 Å². The largest absolute Gasteiger partial charge is 0.382 e. The molecule has 0 atom stereocenters. The zero-order valence-electron chi connectivity index (χ0n) is 16.4. The molecule has 7 heteroatoms. The number of benzene rings is 1. The van der Waals surface area contributed by atoms with Crippen LogP contribution in [0.15, 0.2) is 41.5 Å². The molecule has 0 fully saturated rings. The summed E-state index contributed by atoms with van der Waals surface area (Å²) in [6.45, 7) is 4.90. The molecule has 2 rings (SSSR count). The number of unbranched alkanes of at least 4 members (excludes halogenated alkanes) is 1. The van der Waals surface area contributed by atoms with Gasteiger partial charge in [0.15, 0.2) is 5.96 Å². The average Bonchev–Trinajstić information content (AvgIpc) is 3.08. The molecule has 0 aliphatic heterocycles. The number of nitrogens with one attached hydrogen (secondary N) is 2. The fourth-order valence-corrected chi connectivity index (χ4v) is 2.79. The first-order chi connectivity index (χ1) is 12.8. The number of fused-ring (bicyclic) bond motifs is 1. The van der Waals surface area contributed by atoms with Gasteiger partial charge in [0.05, 0.1) is 13.2 Å². The molecular formula is C20H33IN4O2. The lowest BCUT2D eigenvalue weighted by Gasteiger charge is -2.12. The van der Waals surface area contributed by atoms with Gasteiger partial charge in [-0.05, 0) is 36.8 Å². The molecule has 0 aliphatic rings. The van der Waals surface area contributed by atoms with E-state index in [-0.39, 0.29) is 24.0 Å². The smallest absolute Gasteiger partial charge is 0.190 e. The molecule has 27 heavy (non-hydrogen) atoms. The van der Waals surface area contributed by atoms with Crippen LogP contribution in [0.5, 0.6) is 0 Å². The van der Waals surface area contributed by atoms with Crippen molar-refractivity contribution < 1.29 is 9.47 Å². The van der Waals surface area contributed by atoms with Crippen molar-refractivity contribution in [3.8, 4) is 0 Å². The number of hydrogen-bond donors (Lipinski definition) is 2. The number of aryl methyl sites for hydroxylation is 1. The van der Waals surface area contributed by atoms with Crippen LogP contribution < -0.4 is 10.6 Å². The van der Waals surface area contributed by atoms with Crippen LogP contribution in [0.25, 0.3) is 10.9 Å². The summed E-state index contributed by atoms with van der Waals surface area (Å²) in [6.07, 6.45) is 5.30. The van der Waals surface area contributed by atoms with Gasteiger partial charge in [-0.25, -0.2) is 0 Å². The topological polar surface area (TPSA) is 59.8 Å². The van der Waals surface area contributed by atoms with Crippen LogP contribution in [0, 0.1) is 0 Å². The summed E-state index contributed by atoms with van der Waals surface area (Å²) in [5.41, 5.74) is 1.29. The van der Waals surface area contributed by atoms with Gasteiger partial charge >= 0.3 is 0 Å². The quantitative estimate of drug-likeness (QED) is 0.209. The molecule has 2 aromatic rings. The molecule has 0 unspecified atom stereocenters. The lowest BCUT2D eigenvalue weighted by molar-refractivity contribution is 0.0689. The highest BCUT2D eigenvalue weighted by Gasteiger charge is 2.00. The molecule has 0 amide bonds. The second kappa shape index (κ2) is 14.7. The number of aromatic nitrogens is 1. The van der Waals surface area contributed by atoms with Crippen LogP contribution in [-0.4, -0.2) is 57.6 Å². The van der Waals surface area contributed by atoms with Crippen molar-refractivity contribution >= 4 is 40.8 Å². The molecule has 0 saturated carbocycles. The van der Waals surface area contributed by atoms with Crippen molar-refractivity contribution in [1.82, 2.24) is 15.2 Å². The van der Waals surface area contributed by atoms with E-state index < -0.39 is 0 Å². The molecule has 2 N–H and O–H groups in total. The third-order valence-corrected chi connectivity index (χ3v) is 4.21. The highest BCUT2D eigenvalue weighted by Crippen LogP contribution is 2.15. The Morgan fingerprint density at radius 3 is 2.56 bits per heavy atom. The zero-order chi connectivity index (χ0) is 18.5. The Hall–Kier alpha value is -1.32. The first-order valence-corrected chi connectivity index (χ1v) is 9.40. The van der Waals surface area contributed by atoms with E-state index in [2.05, 4.69) is 56.7 Å². The Balaban J connectivity index is 0.00000364. The Morgan fingerprint density at radius 1 is 1.00 bits per heavy atom. The monoisotopic (exact) mass is 488 g/mol. The fourth-order valence-electron chi connectivity index (χ4n) is 2.79. The molecule has 0 aliphatic carbocycles. The minimum Gasteiger partial charge on any atom is -0.382 e. The summed E-state index contributed by atoms with van der Waals surface area (Å²) in [7, 11) is 3.50. The number of hydrogen-bond acceptors (Lipinski definition) is 3. The molecule has 0 spiro atoms. The Kier molecular flexibility index (Phi) is 12.9. The van der Waals surface area contributed by atoms with Gasteiger partial charge in [-0.1, -0.05) is 18.2 Å². The number of ether oxygens (including phenoxy) is 2. The molecule has 0 bridgehead atoms. The van der Waals surface area contributed by atoms with Crippen molar-refractivity contribution in [2.45, 2.75) is 25.8 Å². The molecule has 0 radical (unpaired) electrons. The van der Waals surface area contributed by atoms with Gasteiger partial charge in [-0.3, -0.25) is 4.99 Å². The normalized spacial score (nSPS) is 11.4. The van der Waals surface area contributed by atoms with Gasteiger partial charge in [0.1, 0.15) is 0 Å². The van der Waals surface area contributed by atoms with E-state index in [1.165, 1.54) is 10.9 Å². The number of methoxy groups -OCH3 is 1. The molecular weight excluding hydrogens is 455 g/mol. The maximum atomic E-state index is 5.45. The van der Waals surface area contributed by atoms with Gasteiger partial charge in [0.25, 0.3) is 0 Å². The highest BCUT2D eigenvalue weighted by atomic mass is 127. The van der Waals surface area contributed by atoms with Crippen molar-refractivity contribution in [3.05, 3.63) is 36.5 Å². The van der Waals surface area contributed by atoms with Gasteiger partial charge < -0.3 is 24.7 Å². The third-order valence-electron chi connectivity index (χ3n) is 4.21. The minimum atomic E-state index is 0. The van der Waals surface area contributed by atoms with Crippen LogP contribution in [0.1, 0.15) is 19.3 Å². The van der Waals surface area contributed by atoms with E-state index in [0.29, 0.717) is 13.2 Å². The van der Waals surface area contributed by atoms with Crippen molar-refractivity contribution in [2.24, 2.45) is 4.99 Å². The maximum Gasteiger partial charge on any atom is 0.190 e. The Bertz CT molecular complexity index is 660. The Morgan fingerprint density at radius 2 is 1.78 bits per heavy atom. The second-order valence-electron chi connectivity index (χ2n) is 6.16. The number of para-hydroxylation sites is 1. The summed E-state index contributed by atoms with van der Waals surface area (Å²) >= 11 is 0. The van der Waals surface area contributed by atoms with Gasteiger partial charge in [-0.15, -0.1) is 24.0 Å². The van der Waals surface area contributed by atoms with Crippen LogP contribution in [-0.2, 0) is 16.0 Å². The number of rotatable bonds is 12. The number of halogens is 1. The lowest BCUT2D eigenvalue weighted by atomic mass is 10.2. The Labute approximate surface area is 179 Å². The summed E-state index contributed by atoms with van der Waals surface area (Å²) in [5, 5.41) is 8.02. The highest BCUT2D eigenvalue weighted by molar-refractivity contribution is 14.0. The fraction of sp³-hybridized carbons (Fsp3) is 0.550. The number of aliphatic imine (C=N–C) groups is 1. The van der Waals surface area contributed by atoms with Crippen LogP contribution >= 0.6 is 24.0 Å². The average molecular weight is 488 g/mol. The molecule has 1 heterocycles. The van der Waals surface area contributed by atoms with Gasteiger partial charge in [0.2, 0.25) is 0 Å². The van der Waals surface area contributed by atoms with Crippen molar-refractivity contribution in [3.63, 3.8) is 0 Å². The molecule has 0 saturated heterocycles. The number of guanidine groups is 1. The SMILES string of the molecule is CN=C(NCCCCOCCOC)NCCCn1ccc2ccccc21.I. The van der Waals surface area contributed by atoms with E-state index in [0.717, 1.165) is 51.5 Å². The second-order valence-corrected chi connectivity index (χ2v) is 6.16. The van der Waals surface area contributed by atoms with E-state index in [1.54, 1.807) is 7.11 Å². The molecule has 152 valence electrons. The maximum absolute atomic E-state index is 5.45. The van der Waals surface area contributed by atoms with Gasteiger partial charge in [0, 0.05) is 52.1 Å². The lowest BCUT2D eigenvalue weighted by Crippen LogP contribution is -2.38. The predicted molar refractivity (Wildman–Crippen MR) is 123 cm³/mol. The summed E-state index contributed by atoms with van der Waals surface area (Å²) in [4.78, 5) is 4.27. The predicted octanol–water partition coefficient (Wildman–Crippen LogP) is 3.26. The summed E-state index contributed by atoms with van der Waals surface area (Å²) in [6, 6.07) is 10.7. The zero-order valence-corrected chi connectivity index (χ0v) is 18.8. The van der Waals surface area contributed by atoms with E-state index in [1.807, 2.05) is 7.05 Å². The first kappa shape index (κ1) is 23.7. The number of nitrogens with zero attached hydrogens (tertiary/aromatic N) is 2. The van der Waals surface area contributed by atoms with Crippen molar-refractivity contribution in [1.29, 1.82) is 0 Å². The van der Waals surface area contributed by atoms with E-state index in [4.69, 9.17) is 9.47 Å². The first-order valence-electron chi connectivity index (χ1n) is 9.40. The molecule has 1 aromatic carbocycles. The standard InChI is InChI=1S/C20H32N4O2.HI/c1-21-20(22-11-5-6-15-26-17-16-25-2)23-12-7-13-24-14-10-18-8-3-4-9-19(18)24;/h3-4,8-10,14H,5-7,11-13,15-17H2,1-2H3,(H2,21,22,23);1H. The van der Waals surface area contributed by atoms with E-state index >= 15 is 0 Å². The summed E-state index contributed by atoms with van der Waals surface area (Å²) < 4.78 is 12.7. The van der Waals surface area contributed by atoms with E-state index in [9.17, 15) is 0 Å². The van der Waals surface area contributed by atoms with Crippen LogP contribution in [0.2, 0.25) is 0 Å². The summed E-state index contributed by atoms with van der Waals surface area (Å²) in [5.74, 6) is 0.864. The van der Waals surface area contributed by atoms with Crippen LogP contribution in [0.4, 0.5) is 0 Å². The molecule has 6 nitrogen and oxygen atoms in total. The van der Waals surface area contributed by atoms with Crippen LogP contribution in [0.3, 0.4) is 0 Å². The third kappa shape index (κ3) is 8.94. The molecule has 1 aromatic heterocycles. The minimum absolute atomic E-state index is 0.